The number of hydrogen-bond acceptors (Lipinski definition) is 3. The van der Waals surface area contributed by atoms with E-state index in [2.05, 4.69) is 0 Å². The number of hydrogen-bond donors (Lipinski definition) is 1. The SMILES string of the molecule is O[B]Oc1cccc2c1ccc1oc3ccccc3c12. The Kier molecular flexibility index (Phi) is 2.44. The quantitative estimate of drug-likeness (QED) is 0.560. The smallest absolute Gasteiger partial charge is 0.537 e. The van der Waals surface area contributed by atoms with Crippen LogP contribution in [-0.2, 0) is 0 Å². The zero-order valence-corrected chi connectivity index (χ0v) is 10.5. The van der Waals surface area contributed by atoms with Crippen molar-refractivity contribution in [3.63, 3.8) is 0 Å². The molecule has 1 N–H and O–H groups in total. The van der Waals surface area contributed by atoms with Crippen LogP contribution in [0.5, 0.6) is 5.75 Å². The molecule has 3 aromatic carbocycles. The highest BCUT2D eigenvalue weighted by molar-refractivity contribution is 6.21. The van der Waals surface area contributed by atoms with Crippen LogP contribution in [0.1, 0.15) is 0 Å². The predicted octanol–water partition coefficient (Wildman–Crippen LogP) is 3.64. The van der Waals surface area contributed by atoms with E-state index in [1.165, 1.54) is 0 Å². The maximum atomic E-state index is 8.86. The van der Waals surface area contributed by atoms with Gasteiger partial charge in [0.05, 0.1) is 0 Å². The Hall–Kier alpha value is -2.46. The molecule has 0 aliphatic heterocycles. The molecule has 1 radical (unpaired) electrons. The summed E-state index contributed by atoms with van der Waals surface area (Å²) in [6.07, 6.45) is 0. The van der Waals surface area contributed by atoms with Gasteiger partial charge < -0.3 is 14.1 Å². The van der Waals surface area contributed by atoms with Crippen molar-refractivity contribution in [2.24, 2.45) is 0 Å². The fraction of sp³-hybridized carbons (Fsp3) is 0. The van der Waals surface area contributed by atoms with Crippen molar-refractivity contribution in [3.8, 4) is 5.75 Å². The summed E-state index contributed by atoms with van der Waals surface area (Å²) in [5.41, 5.74) is 1.72. The standard InChI is InChI=1S/C16H10BO3/c18-17-20-14-7-3-5-11-10(14)8-9-15-16(11)12-4-1-2-6-13(12)19-15/h1-9,18H. The number of rotatable bonds is 2. The Morgan fingerprint density at radius 2 is 1.65 bits per heavy atom. The number of fused-ring (bicyclic) bond motifs is 5. The summed E-state index contributed by atoms with van der Waals surface area (Å²) in [5, 5.41) is 13.0. The van der Waals surface area contributed by atoms with Crippen LogP contribution in [-0.4, -0.2) is 12.7 Å². The van der Waals surface area contributed by atoms with E-state index >= 15 is 0 Å². The van der Waals surface area contributed by atoms with E-state index in [1.54, 1.807) is 0 Å². The summed E-state index contributed by atoms with van der Waals surface area (Å²) in [6.45, 7) is 0. The van der Waals surface area contributed by atoms with E-state index in [0.717, 1.165) is 32.7 Å². The number of furan rings is 1. The Morgan fingerprint density at radius 3 is 2.55 bits per heavy atom. The fourth-order valence-electron chi connectivity index (χ4n) is 2.71. The van der Waals surface area contributed by atoms with Gasteiger partial charge in [-0.05, 0) is 29.7 Å². The zero-order valence-electron chi connectivity index (χ0n) is 10.5. The molecule has 4 rings (SSSR count). The molecule has 95 valence electrons. The van der Waals surface area contributed by atoms with Crippen LogP contribution in [0, 0.1) is 0 Å². The van der Waals surface area contributed by atoms with Gasteiger partial charge in [0.1, 0.15) is 16.9 Å². The molecule has 1 aromatic heterocycles. The second kappa shape index (κ2) is 4.29. The topological polar surface area (TPSA) is 42.6 Å². The lowest BCUT2D eigenvalue weighted by Crippen LogP contribution is -1.99. The van der Waals surface area contributed by atoms with E-state index in [0.29, 0.717) is 13.4 Å². The Labute approximate surface area is 115 Å². The lowest BCUT2D eigenvalue weighted by atomic mass is 10.0. The largest absolute Gasteiger partial charge is 0.569 e. The molecule has 0 aliphatic rings. The van der Waals surface area contributed by atoms with Crippen LogP contribution in [0.15, 0.2) is 59.0 Å². The van der Waals surface area contributed by atoms with Crippen LogP contribution in [0.3, 0.4) is 0 Å². The zero-order chi connectivity index (χ0) is 13.5. The highest BCUT2D eigenvalue weighted by Crippen LogP contribution is 2.37. The van der Waals surface area contributed by atoms with Crippen LogP contribution in [0.25, 0.3) is 32.7 Å². The van der Waals surface area contributed by atoms with Gasteiger partial charge in [0, 0.05) is 16.2 Å². The van der Waals surface area contributed by atoms with Crippen LogP contribution in [0.4, 0.5) is 0 Å². The van der Waals surface area contributed by atoms with E-state index in [1.807, 2.05) is 54.6 Å². The molecule has 0 fully saturated rings. The summed E-state index contributed by atoms with van der Waals surface area (Å²) in [4.78, 5) is 0. The molecule has 3 nitrogen and oxygen atoms in total. The Bertz CT molecular complexity index is 927. The first-order chi connectivity index (χ1) is 9.88. The summed E-state index contributed by atoms with van der Waals surface area (Å²) in [7, 11) is 0.701. The second-order valence-corrected chi connectivity index (χ2v) is 4.61. The van der Waals surface area contributed by atoms with Gasteiger partial charge in [-0.15, -0.1) is 0 Å². The summed E-state index contributed by atoms with van der Waals surface area (Å²) in [5.74, 6) is 0.622. The van der Waals surface area contributed by atoms with Crippen molar-refractivity contribution in [1.82, 2.24) is 0 Å². The summed E-state index contributed by atoms with van der Waals surface area (Å²) < 4.78 is 11.0. The minimum Gasteiger partial charge on any atom is -0.537 e. The van der Waals surface area contributed by atoms with E-state index in [4.69, 9.17) is 14.1 Å². The molecular weight excluding hydrogens is 251 g/mol. The maximum absolute atomic E-state index is 8.86. The third-order valence-corrected chi connectivity index (χ3v) is 3.54. The van der Waals surface area contributed by atoms with Crippen LogP contribution in [0.2, 0.25) is 0 Å². The van der Waals surface area contributed by atoms with Gasteiger partial charge in [0.15, 0.2) is 0 Å². The van der Waals surface area contributed by atoms with Gasteiger partial charge >= 0.3 is 7.69 Å². The average molecular weight is 261 g/mol. The molecular formula is C16H10BO3. The van der Waals surface area contributed by atoms with Gasteiger partial charge in [-0.25, -0.2) is 0 Å². The number of benzene rings is 3. The summed E-state index contributed by atoms with van der Waals surface area (Å²) in [6, 6.07) is 17.6. The molecule has 0 aliphatic carbocycles. The van der Waals surface area contributed by atoms with E-state index < -0.39 is 0 Å². The van der Waals surface area contributed by atoms with Gasteiger partial charge in [0.25, 0.3) is 0 Å². The Morgan fingerprint density at radius 1 is 0.800 bits per heavy atom. The molecule has 0 unspecified atom stereocenters. The molecule has 0 saturated heterocycles. The molecule has 4 heteroatoms. The highest BCUT2D eigenvalue weighted by atomic mass is 16.5. The monoisotopic (exact) mass is 261 g/mol. The van der Waals surface area contributed by atoms with Crippen molar-refractivity contribution >= 4 is 40.4 Å². The molecule has 20 heavy (non-hydrogen) atoms. The normalized spacial score (nSPS) is 11.2. The van der Waals surface area contributed by atoms with Crippen LogP contribution >= 0.6 is 0 Å². The van der Waals surface area contributed by atoms with Crippen molar-refractivity contribution in [2.45, 2.75) is 0 Å². The van der Waals surface area contributed by atoms with Crippen molar-refractivity contribution in [1.29, 1.82) is 0 Å². The molecule has 4 aromatic rings. The third kappa shape index (κ3) is 1.52. The first-order valence-corrected chi connectivity index (χ1v) is 6.34. The highest BCUT2D eigenvalue weighted by Gasteiger charge is 2.12. The van der Waals surface area contributed by atoms with Crippen LogP contribution < -0.4 is 4.65 Å². The van der Waals surface area contributed by atoms with Crippen molar-refractivity contribution < 1.29 is 14.1 Å². The van der Waals surface area contributed by atoms with Crippen molar-refractivity contribution in [3.05, 3.63) is 54.6 Å². The third-order valence-electron chi connectivity index (χ3n) is 3.54. The first kappa shape index (κ1) is 11.4. The summed E-state index contributed by atoms with van der Waals surface area (Å²) >= 11 is 0. The second-order valence-electron chi connectivity index (χ2n) is 4.61. The lowest BCUT2D eigenvalue weighted by Gasteiger charge is -2.06. The molecule has 1 heterocycles. The fourth-order valence-corrected chi connectivity index (χ4v) is 2.71. The molecule has 0 atom stereocenters. The number of para-hydroxylation sites is 1. The maximum Gasteiger partial charge on any atom is 0.569 e. The van der Waals surface area contributed by atoms with Gasteiger partial charge in [-0.3, -0.25) is 0 Å². The van der Waals surface area contributed by atoms with Gasteiger partial charge in [-0.2, -0.15) is 0 Å². The van der Waals surface area contributed by atoms with Gasteiger partial charge in [-0.1, -0.05) is 30.3 Å². The predicted molar refractivity (Wildman–Crippen MR) is 79.8 cm³/mol. The van der Waals surface area contributed by atoms with Crippen molar-refractivity contribution in [2.75, 3.05) is 0 Å². The van der Waals surface area contributed by atoms with E-state index in [9.17, 15) is 0 Å². The minimum atomic E-state index is 0.622. The first-order valence-electron chi connectivity index (χ1n) is 6.34. The molecule has 0 amide bonds. The average Bonchev–Trinajstić information content (AvgIpc) is 2.86. The van der Waals surface area contributed by atoms with Gasteiger partial charge in [0.2, 0.25) is 0 Å². The molecule has 0 saturated carbocycles. The molecule has 0 spiro atoms. The lowest BCUT2D eigenvalue weighted by molar-refractivity contribution is 0.457. The van der Waals surface area contributed by atoms with E-state index in [-0.39, 0.29) is 0 Å². The minimum absolute atomic E-state index is 0.622. The molecule has 0 bridgehead atoms. The Balaban J connectivity index is 2.20.